The molecule has 0 radical (unpaired) electrons. The predicted octanol–water partition coefficient (Wildman–Crippen LogP) is 14.9. The number of allylic oxidation sites excluding steroid dienone is 7. The second-order valence-corrected chi connectivity index (χ2v) is 20.8. The van der Waals surface area contributed by atoms with Gasteiger partial charge < -0.3 is 40.3 Å². The van der Waals surface area contributed by atoms with Crippen LogP contribution in [0.3, 0.4) is 0 Å². The van der Waals surface area contributed by atoms with Gasteiger partial charge in [-0.3, -0.25) is 4.79 Å². The number of rotatable bonds is 51. The highest BCUT2D eigenvalue weighted by atomic mass is 16.7. The molecule has 7 unspecified atom stereocenters. The molecular weight excluding hydrogens is 875 g/mol. The van der Waals surface area contributed by atoms with E-state index in [1.807, 2.05) is 6.08 Å². The maximum absolute atomic E-state index is 13.1. The number of amides is 1. The summed E-state index contributed by atoms with van der Waals surface area (Å²) in [6.45, 7) is 3.77. The molecule has 410 valence electrons. The summed E-state index contributed by atoms with van der Waals surface area (Å²) in [6, 6.07) is -0.828. The SMILES string of the molecule is CCCCCCCCC/C=C/CC/C=C/CC/C=C/C(O)C(COC1OC(CO)C(O)C(O)C1O)NC(=O)CCCCCCCCCCCCCCCC/C=C\CCCCCCCCCCCCCC. The van der Waals surface area contributed by atoms with Gasteiger partial charge in [0.1, 0.15) is 24.4 Å². The third-order valence-electron chi connectivity index (χ3n) is 14.1. The Bertz CT molecular complexity index is 1240. The third-order valence-corrected chi connectivity index (χ3v) is 14.1. The molecule has 7 atom stereocenters. The first-order valence-corrected chi connectivity index (χ1v) is 29.9. The summed E-state index contributed by atoms with van der Waals surface area (Å²) in [5, 5.41) is 54.5. The first-order valence-electron chi connectivity index (χ1n) is 29.9. The average molecular weight is 989 g/mol. The van der Waals surface area contributed by atoms with Crippen LogP contribution in [0.5, 0.6) is 0 Å². The Kier molecular flexibility index (Phi) is 47.9. The van der Waals surface area contributed by atoms with Crippen molar-refractivity contribution in [2.24, 2.45) is 0 Å². The first kappa shape index (κ1) is 66.2. The van der Waals surface area contributed by atoms with Crippen molar-refractivity contribution in [1.29, 1.82) is 0 Å². The number of hydrogen-bond acceptors (Lipinski definition) is 8. The second-order valence-electron chi connectivity index (χ2n) is 20.8. The van der Waals surface area contributed by atoms with Gasteiger partial charge in [-0.05, 0) is 70.6 Å². The van der Waals surface area contributed by atoms with E-state index in [2.05, 4.69) is 55.6 Å². The lowest BCUT2D eigenvalue weighted by Crippen LogP contribution is -2.60. The average Bonchev–Trinajstić information content (AvgIpc) is 3.36. The van der Waals surface area contributed by atoms with Crippen LogP contribution in [0.15, 0.2) is 48.6 Å². The van der Waals surface area contributed by atoms with Crippen molar-refractivity contribution in [3.8, 4) is 0 Å². The van der Waals surface area contributed by atoms with E-state index in [9.17, 15) is 30.3 Å². The standard InChI is InChI=1S/C61H113NO8/c1-3-5-7-9-11-13-15-17-19-21-22-23-24-25-26-27-28-29-30-31-32-33-35-37-39-41-43-45-47-49-51-57(65)62-54(53-69-61-60(68)59(67)58(66)56(52-63)70-61)55(64)50-48-46-44-42-40-38-36-34-20-18-16-14-12-10-8-6-4-2/h20,25-26,34,40,42,48,50,54-56,58-61,63-64,66-68H,3-19,21-24,27-33,35-39,41,43-47,49,51-53H2,1-2H3,(H,62,65)/b26-25-,34-20+,42-40+,50-48+. The number of ether oxygens (including phenoxy) is 2. The topological polar surface area (TPSA) is 149 Å². The molecule has 0 saturated carbocycles. The third kappa shape index (κ3) is 39.7. The monoisotopic (exact) mass is 988 g/mol. The summed E-state index contributed by atoms with van der Waals surface area (Å²) < 4.78 is 11.2. The molecular formula is C61H113NO8. The molecule has 9 heteroatoms. The first-order chi connectivity index (χ1) is 34.3. The van der Waals surface area contributed by atoms with E-state index in [1.165, 1.54) is 212 Å². The Labute approximate surface area is 431 Å². The number of carbonyl (C=O) groups excluding carboxylic acids is 1. The van der Waals surface area contributed by atoms with E-state index in [4.69, 9.17) is 9.47 Å². The molecule has 70 heavy (non-hydrogen) atoms. The summed E-state index contributed by atoms with van der Waals surface area (Å²) in [5.41, 5.74) is 0. The maximum atomic E-state index is 13.1. The summed E-state index contributed by atoms with van der Waals surface area (Å²) in [4.78, 5) is 13.1. The van der Waals surface area contributed by atoms with E-state index in [0.717, 1.165) is 44.9 Å². The van der Waals surface area contributed by atoms with Gasteiger partial charge in [-0.2, -0.15) is 0 Å². The van der Waals surface area contributed by atoms with E-state index in [1.54, 1.807) is 6.08 Å². The van der Waals surface area contributed by atoms with Crippen molar-refractivity contribution < 1.29 is 39.8 Å². The quantitative estimate of drug-likeness (QED) is 0.0261. The van der Waals surface area contributed by atoms with Crippen LogP contribution in [0.25, 0.3) is 0 Å². The fourth-order valence-corrected chi connectivity index (χ4v) is 9.36. The lowest BCUT2D eigenvalue weighted by molar-refractivity contribution is -0.302. The van der Waals surface area contributed by atoms with Crippen LogP contribution in [-0.2, 0) is 14.3 Å². The number of unbranched alkanes of at least 4 members (excludes halogenated alkanes) is 35. The molecule has 0 spiro atoms. The number of aliphatic hydroxyl groups excluding tert-OH is 5. The molecule has 1 aliphatic heterocycles. The van der Waals surface area contributed by atoms with Gasteiger partial charge in [0.25, 0.3) is 0 Å². The molecule has 0 aliphatic carbocycles. The largest absolute Gasteiger partial charge is 0.394 e. The van der Waals surface area contributed by atoms with Crippen molar-refractivity contribution in [2.45, 2.75) is 320 Å². The zero-order valence-electron chi connectivity index (χ0n) is 45.5. The number of carbonyl (C=O) groups is 1. The van der Waals surface area contributed by atoms with Crippen molar-refractivity contribution in [2.75, 3.05) is 13.2 Å². The van der Waals surface area contributed by atoms with Crippen molar-refractivity contribution in [3.63, 3.8) is 0 Å². The van der Waals surface area contributed by atoms with Crippen LogP contribution in [0.1, 0.15) is 277 Å². The highest BCUT2D eigenvalue weighted by Gasteiger charge is 2.44. The molecule has 1 heterocycles. The molecule has 0 bridgehead atoms. The minimum absolute atomic E-state index is 0.189. The number of nitrogens with one attached hydrogen (secondary N) is 1. The summed E-state index contributed by atoms with van der Waals surface area (Å²) in [6.07, 6.45) is 60.5. The maximum Gasteiger partial charge on any atom is 0.220 e. The fraction of sp³-hybridized carbons (Fsp3) is 0.852. The van der Waals surface area contributed by atoms with Gasteiger partial charge in [0, 0.05) is 6.42 Å². The van der Waals surface area contributed by atoms with Crippen LogP contribution in [-0.4, -0.2) is 87.5 Å². The molecule has 1 rings (SSSR count). The van der Waals surface area contributed by atoms with Gasteiger partial charge in [0.15, 0.2) is 6.29 Å². The van der Waals surface area contributed by atoms with E-state index in [0.29, 0.717) is 6.42 Å². The molecule has 1 fully saturated rings. The van der Waals surface area contributed by atoms with Crippen molar-refractivity contribution in [1.82, 2.24) is 5.32 Å². The van der Waals surface area contributed by atoms with Gasteiger partial charge >= 0.3 is 0 Å². The van der Waals surface area contributed by atoms with Gasteiger partial charge in [0.2, 0.25) is 5.91 Å². The van der Waals surface area contributed by atoms with E-state index < -0.39 is 49.5 Å². The molecule has 0 aromatic carbocycles. The van der Waals surface area contributed by atoms with Crippen LogP contribution in [0.4, 0.5) is 0 Å². The number of hydrogen-bond donors (Lipinski definition) is 6. The van der Waals surface area contributed by atoms with Crippen molar-refractivity contribution >= 4 is 5.91 Å². The van der Waals surface area contributed by atoms with Crippen LogP contribution in [0, 0.1) is 0 Å². The highest BCUT2D eigenvalue weighted by Crippen LogP contribution is 2.23. The fourth-order valence-electron chi connectivity index (χ4n) is 9.36. The zero-order chi connectivity index (χ0) is 50.8. The normalized spacial score (nSPS) is 19.7. The molecule has 1 aliphatic rings. The Hall–Kier alpha value is -1.85. The minimum Gasteiger partial charge on any atom is -0.394 e. The van der Waals surface area contributed by atoms with Crippen LogP contribution in [0.2, 0.25) is 0 Å². The van der Waals surface area contributed by atoms with Gasteiger partial charge in [-0.15, -0.1) is 0 Å². The summed E-state index contributed by atoms with van der Waals surface area (Å²) >= 11 is 0. The summed E-state index contributed by atoms with van der Waals surface area (Å²) in [7, 11) is 0. The predicted molar refractivity (Wildman–Crippen MR) is 295 cm³/mol. The molecule has 0 aromatic rings. The van der Waals surface area contributed by atoms with E-state index in [-0.39, 0.29) is 12.5 Å². The lowest BCUT2D eigenvalue weighted by atomic mass is 9.99. The highest BCUT2D eigenvalue weighted by molar-refractivity contribution is 5.76. The smallest absolute Gasteiger partial charge is 0.220 e. The van der Waals surface area contributed by atoms with Gasteiger partial charge in [0.05, 0.1) is 25.4 Å². The minimum atomic E-state index is -1.57. The Morgan fingerprint density at radius 3 is 1.20 bits per heavy atom. The molecule has 9 nitrogen and oxygen atoms in total. The number of aliphatic hydroxyl groups is 5. The summed E-state index contributed by atoms with van der Waals surface area (Å²) in [5.74, 6) is -0.189. The molecule has 0 aromatic heterocycles. The van der Waals surface area contributed by atoms with Gasteiger partial charge in [-0.1, -0.05) is 249 Å². The van der Waals surface area contributed by atoms with E-state index >= 15 is 0 Å². The molecule has 1 amide bonds. The van der Waals surface area contributed by atoms with Crippen LogP contribution < -0.4 is 5.32 Å². The zero-order valence-corrected chi connectivity index (χ0v) is 45.5. The lowest BCUT2D eigenvalue weighted by Gasteiger charge is -2.40. The van der Waals surface area contributed by atoms with Crippen LogP contribution >= 0.6 is 0 Å². The Morgan fingerprint density at radius 1 is 0.471 bits per heavy atom. The Morgan fingerprint density at radius 2 is 0.814 bits per heavy atom. The Balaban J connectivity index is 2.18. The second kappa shape index (κ2) is 50.7. The van der Waals surface area contributed by atoms with Crippen molar-refractivity contribution in [3.05, 3.63) is 48.6 Å². The molecule has 1 saturated heterocycles. The molecule has 6 N–H and O–H groups in total. The van der Waals surface area contributed by atoms with Gasteiger partial charge in [-0.25, -0.2) is 0 Å².